The molecule has 0 amide bonds. The van der Waals surface area contributed by atoms with E-state index in [1.807, 2.05) is 13.8 Å². The number of rotatable bonds is 3. The van der Waals surface area contributed by atoms with Gasteiger partial charge in [0.2, 0.25) is 0 Å². The van der Waals surface area contributed by atoms with Crippen LogP contribution in [0.3, 0.4) is 0 Å². The molecule has 1 aliphatic heterocycles. The number of Topliss-reactive ketones (excluding diaryl/α,β-unsaturated/α-hetero) is 1. The Hall–Kier alpha value is -0.410. The zero-order valence-corrected chi connectivity index (χ0v) is 9.84. The van der Waals surface area contributed by atoms with Crippen LogP contribution in [0.15, 0.2) is 0 Å². The summed E-state index contributed by atoms with van der Waals surface area (Å²) >= 11 is 0. The van der Waals surface area contributed by atoms with Gasteiger partial charge in [0.05, 0.1) is 0 Å². The number of hydrogen-bond donors (Lipinski definition) is 0. The number of hydrogen-bond acceptors (Lipinski definition) is 3. The van der Waals surface area contributed by atoms with Gasteiger partial charge >= 0.3 is 0 Å². The molecule has 0 bridgehead atoms. The molecule has 0 unspecified atom stereocenters. The van der Waals surface area contributed by atoms with E-state index in [0.717, 1.165) is 19.6 Å². The fraction of sp³-hybridized carbons (Fsp3) is 0.909. The van der Waals surface area contributed by atoms with Gasteiger partial charge in [0.1, 0.15) is 5.78 Å². The lowest BCUT2D eigenvalue weighted by molar-refractivity contribution is -0.130. The van der Waals surface area contributed by atoms with E-state index in [4.69, 9.17) is 0 Å². The molecule has 0 N–H and O–H groups in total. The largest absolute Gasteiger partial charge is 0.299 e. The van der Waals surface area contributed by atoms with Crippen molar-refractivity contribution < 1.29 is 4.79 Å². The second kappa shape index (κ2) is 4.41. The first-order valence-electron chi connectivity index (χ1n) is 5.40. The van der Waals surface area contributed by atoms with E-state index in [-0.39, 0.29) is 11.2 Å². The molecular formula is C11H22N2O. The molecule has 0 aromatic carbocycles. The Morgan fingerprint density at radius 3 is 2.36 bits per heavy atom. The van der Waals surface area contributed by atoms with Crippen molar-refractivity contribution in [3.05, 3.63) is 0 Å². The van der Waals surface area contributed by atoms with Gasteiger partial charge in [-0.3, -0.25) is 4.79 Å². The Bertz CT molecular complexity index is 213. The molecule has 82 valence electrons. The summed E-state index contributed by atoms with van der Waals surface area (Å²) in [5.74, 6) is 0.275. The maximum atomic E-state index is 11.4. The Morgan fingerprint density at radius 2 is 1.86 bits per heavy atom. The molecule has 1 saturated heterocycles. The van der Waals surface area contributed by atoms with E-state index in [1.165, 1.54) is 12.8 Å². The molecule has 1 aliphatic rings. The highest BCUT2D eigenvalue weighted by Crippen LogP contribution is 2.21. The highest BCUT2D eigenvalue weighted by Gasteiger charge is 2.29. The summed E-state index contributed by atoms with van der Waals surface area (Å²) in [6.45, 7) is 8.79. The van der Waals surface area contributed by atoms with E-state index in [0.29, 0.717) is 0 Å². The normalized spacial score (nSPS) is 21.1. The average molecular weight is 198 g/mol. The minimum atomic E-state index is -0.217. The number of carbonyl (C=O) groups excluding carboxylic acids is 1. The van der Waals surface area contributed by atoms with Crippen molar-refractivity contribution in [3.8, 4) is 0 Å². The van der Waals surface area contributed by atoms with Crippen LogP contribution in [0, 0.1) is 5.41 Å². The summed E-state index contributed by atoms with van der Waals surface area (Å²) < 4.78 is 0. The number of nitrogens with zero attached hydrogens (tertiary/aromatic N) is 2. The van der Waals surface area contributed by atoms with Gasteiger partial charge in [-0.05, 0) is 19.8 Å². The molecule has 0 spiro atoms. The van der Waals surface area contributed by atoms with Crippen molar-refractivity contribution in [1.82, 2.24) is 10.0 Å². The first-order valence-corrected chi connectivity index (χ1v) is 5.40. The number of carbonyl (C=O) groups is 1. The van der Waals surface area contributed by atoms with Crippen LogP contribution in [0.25, 0.3) is 0 Å². The number of hydrazine groups is 1. The van der Waals surface area contributed by atoms with Crippen LogP contribution in [-0.2, 0) is 4.79 Å². The molecule has 0 saturated carbocycles. The summed E-state index contributed by atoms with van der Waals surface area (Å²) in [4.78, 5) is 11.4. The summed E-state index contributed by atoms with van der Waals surface area (Å²) in [7, 11) is 2.11. The highest BCUT2D eigenvalue weighted by atomic mass is 16.1. The molecule has 1 fully saturated rings. The van der Waals surface area contributed by atoms with E-state index >= 15 is 0 Å². The zero-order chi connectivity index (χ0) is 10.8. The Balaban J connectivity index is 2.53. The molecule has 0 radical (unpaired) electrons. The summed E-state index contributed by atoms with van der Waals surface area (Å²) in [6.07, 6.45) is 2.52. The quantitative estimate of drug-likeness (QED) is 0.687. The van der Waals surface area contributed by atoms with Crippen LogP contribution < -0.4 is 0 Å². The lowest BCUT2D eigenvalue weighted by atomic mass is 9.88. The van der Waals surface area contributed by atoms with Crippen molar-refractivity contribution in [2.75, 3.05) is 26.7 Å². The monoisotopic (exact) mass is 198 g/mol. The lowest BCUT2D eigenvalue weighted by Crippen LogP contribution is -2.50. The minimum Gasteiger partial charge on any atom is -0.299 e. The topological polar surface area (TPSA) is 23.6 Å². The summed E-state index contributed by atoms with van der Waals surface area (Å²) in [6, 6.07) is 0. The van der Waals surface area contributed by atoms with Crippen molar-refractivity contribution in [2.45, 2.75) is 33.6 Å². The molecule has 3 nitrogen and oxygen atoms in total. The number of ketones is 1. The first kappa shape index (κ1) is 11.7. The van der Waals surface area contributed by atoms with Crippen LogP contribution in [0.1, 0.15) is 33.6 Å². The maximum absolute atomic E-state index is 11.4. The van der Waals surface area contributed by atoms with E-state index in [2.05, 4.69) is 17.1 Å². The predicted molar refractivity (Wildman–Crippen MR) is 57.9 cm³/mol. The second-order valence-corrected chi connectivity index (χ2v) is 4.92. The van der Waals surface area contributed by atoms with Crippen LogP contribution in [0.2, 0.25) is 0 Å². The van der Waals surface area contributed by atoms with Crippen LogP contribution in [0.5, 0.6) is 0 Å². The van der Waals surface area contributed by atoms with Crippen LogP contribution >= 0.6 is 0 Å². The zero-order valence-electron chi connectivity index (χ0n) is 9.84. The smallest absolute Gasteiger partial charge is 0.136 e. The van der Waals surface area contributed by atoms with Gasteiger partial charge in [0, 0.05) is 32.1 Å². The molecule has 0 aromatic rings. The van der Waals surface area contributed by atoms with Gasteiger partial charge in [-0.1, -0.05) is 13.8 Å². The standard InChI is InChI=1S/C11H22N2O/c1-10(14)11(2,3)9-13-8-6-5-7-12(13)4/h5-9H2,1-4H3. The van der Waals surface area contributed by atoms with Gasteiger partial charge < -0.3 is 0 Å². The van der Waals surface area contributed by atoms with Gasteiger partial charge in [0.25, 0.3) is 0 Å². The molecule has 3 heteroatoms. The summed E-state index contributed by atoms with van der Waals surface area (Å²) in [5, 5.41) is 4.54. The SMILES string of the molecule is CC(=O)C(C)(C)CN1CCCCN1C. The highest BCUT2D eigenvalue weighted by molar-refractivity contribution is 5.81. The van der Waals surface area contributed by atoms with Gasteiger partial charge in [-0.25, -0.2) is 10.0 Å². The minimum absolute atomic E-state index is 0.217. The predicted octanol–water partition coefficient (Wildman–Crippen LogP) is 1.54. The lowest BCUT2D eigenvalue weighted by Gasteiger charge is -2.40. The maximum Gasteiger partial charge on any atom is 0.136 e. The molecule has 1 heterocycles. The fourth-order valence-electron chi connectivity index (χ4n) is 1.71. The Kier molecular flexibility index (Phi) is 3.67. The second-order valence-electron chi connectivity index (χ2n) is 4.92. The van der Waals surface area contributed by atoms with Crippen molar-refractivity contribution in [2.24, 2.45) is 5.41 Å². The molecular weight excluding hydrogens is 176 g/mol. The van der Waals surface area contributed by atoms with Gasteiger partial charge in [-0.15, -0.1) is 0 Å². The third kappa shape index (κ3) is 2.79. The molecule has 0 aliphatic carbocycles. The van der Waals surface area contributed by atoms with Crippen molar-refractivity contribution >= 4 is 5.78 Å². The first-order chi connectivity index (χ1) is 6.43. The van der Waals surface area contributed by atoms with Crippen LogP contribution in [0.4, 0.5) is 0 Å². The van der Waals surface area contributed by atoms with Gasteiger partial charge in [0.15, 0.2) is 0 Å². The van der Waals surface area contributed by atoms with Crippen LogP contribution in [-0.4, -0.2) is 42.5 Å². The van der Waals surface area contributed by atoms with Gasteiger partial charge in [-0.2, -0.15) is 0 Å². The summed E-state index contributed by atoms with van der Waals surface area (Å²) in [5.41, 5.74) is -0.217. The fourth-order valence-corrected chi connectivity index (χ4v) is 1.71. The van der Waals surface area contributed by atoms with E-state index in [9.17, 15) is 4.79 Å². The van der Waals surface area contributed by atoms with Crippen molar-refractivity contribution in [1.29, 1.82) is 0 Å². The van der Waals surface area contributed by atoms with E-state index < -0.39 is 0 Å². The molecule has 0 atom stereocenters. The molecule has 0 aromatic heterocycles. The third-order valence-electron chi connectivity index (χ3n) is 3.16. The molecule has 14 heavy (non-hydrogen) atoms. The molecule has 1 rings (SSSR count). The average Bonchev–Trinajstić information content (AvgIpc) is 2.08. The van der Waals surface area contributed by atoms with E-state index in [1.54, 1.807) is 6.92 Å². The Morgan fingerprint density at radius 1 is 1.29 bits per heavy atom. The third-order valence-corrected chi connectivity index (χ3v) is 3.16. The van der Waals surface area contributed by atoms with Crippen molar-refractivity contribution in [3.63, 3.8) is 0 Å². The Labute approximate surface area is 87.0 Å².